The molecule has 4 saturated carbocycles. The van der Waals surface area contributed by atoms with Crippen molar-refractivity contribution in [1.29, 1.82) is 0 Å². The summed E-state index contributed by atoms with van der Waals surface area (Å²) in [6.07, 6.45) is 23.6. The van der Waals surface area contributed by atoms with Crippen molar-refractivity contribution in [2.24, 2.45) is 51.8 Å². The minimum atomic E-state index is -0.573. The summed E-state index contributed by atoms with van der Waals surface area (Å²) in [5, 5.41) is 4.26. The van der Waals surface area contributed by atoms with E-state index in [-0.39, 0.29) is 0 Å². The SMILES string of the molecule is CC1CC=C(C2=CCC3(C)C(CCC4(C)C3CCC3[C@H]5CCCC5(NCCN5CCS(=O)CC5)CC[C@]34C)C2C)CC1. The maximum absolute atomic E-state index is 11.8. The first-order chi connectivity index (χ1) is 20.1. The van der Waals surface area contributed by atoms with Gasteiger partial charge in [-0.2, -0.15) is 0 Å². The van der Waals surface area contributed by atoms with E-state index in [1.807, 2.05) is 0 Å². The summed E-state index contributed by atoms with van der Waals surface area (Å²) in [4.78, 5) is 2.56. The van der Waals surface area contributed by atoms with Crippen LogP contribution in [-0.2, 0) is 10.8 Å². The van der Waals surface area contributed by atoms with Gasteiger partial charge in [-0.3, -0.25) is 4.21 Å². The zero-order valence-electron chi connectivity index (χ0n) is 27.8. The van der Waals surface area contributed by atoms with E-state index in [9.17, 15) is 4.21 Å². The molecule has 1 heterocycles. The molecule has 0 aromatic rings. The van der Waals surface area contributed by atoms with Gasteiger partial charge < -0.3 is 10.2 Å². The second-order valence-electron chi connectivity index (χ2n) is 17.3. The lowest BCUT2D eigenvalue weighted by molar-refractivity contribution is -0.212. The van der Waals surface area contributed by atoms with Crippen molar-refractivity contribution in [3.63, 3.8) is 0 Å². The maximum atomic E-state index is 11.8. The molecule has 1 saturated heterocycles. The monoisotopic (exact) mass is 594 g/mol. The number of allylic oxidation sites excluding steroid dienone is 4. The van der Waals surface area contributed by atoms with Gasteiger partial charge in [-0.1, -0.05) is 53.2 Å². The molecule has 4 heteroatoms. The van der Waals surface area contributed by atoms with Crippen LogP contribution in [0.3, 0.4) is 0 Å². The van der Waals surface area contributed by atoms with Gasteiger partial charge in [-0.05, 0) is 140 Å². The summed E-state index contributed by atoms with van der Waals surface area (Å²) in [7, 11) is -0.573. The lowest BCUT2D eigenvalue weighted by Crippen LogP contribution is -2.67. The third kappa shape index (κ3) is 4.64. The summed E-state index contributed by atoms with van der Waals surface area (Å²) >= 11 is 0. The van der Waals surface area contributed by atoms with Gasteiger partial charge in [-0.25, -0.2) is 0 Å². The Morgan fingerprint density at radius 1 is 0.881 bits per heavy atom. The van der Waals surface area contributed by atoms with Crippen molar-refractivity contribution < 1.29 is 4.21 Å². The minimum absolute atomic E-state index is 0.384. The van der Waals surface area contributed by atoms with Crippen molar-refractivity contribution >= 4 is 10.8 Å². The normalized spacial score (nSPS) is 49.7. The highest BCUT2D eigenvalue weighted by Gasteiger charge is 2.68. The Kier molecular flexibility index (Phi) is 7.99. The molecular weight excluding hydrogens is 532 g/mol. The highest BCUT2D eigenvalue weighted by Crippen LogP contribution is 2.75. The van der Waals surface area contributed by atoms with Crippen LogP contribution >= 0.6 is 0 Å². The molecule has 7 rings (SSSR count). The molecule has 0 aromatic heterocycles. The van der Waals surface area contributed by atoms with Crippen LogP contribution in [-0.4, -0.2) is 52.3 Å². The van der Waals surface area contributed by atoms with Gasteiger partial charge in [0, 0.05) is 54.0 Å². The fourth-order valence-corrected chi connectivity index (χ4v) is 14.3. The molecular formula is C38H62N2OS. The molecule has 236 valence electrons. The second kappa shape index (κ2) is 11.1. The molecule has 42 heavy (non-hydrogen) atoms. The summed E-state index contributed by atoms with van der Waals surface area (Å²) in [6, 6.07) is 0. The van der Waals surface area contributed by atoms with Crippen LogP contribution in [0, 0.1) is 51.8 Å². The number of hydrogen-bond acceptors (Lipinski definition) is 3. The third-order valence-electron chi connectivity index (χ3n) is 15.8. The topological polar surface area (TPSA) is 32.3 Å². The predicted molar refractivity (Wildman–Crippen MR) is 178 cm³/mol. The van der Waals surface area contributed by atoms with Crippen LogP contribution in [0.15, 0.2) is 23.3 Å². The van der Waals surface area contributed by atoms with E-state index in [1.54, 1.807) is 11.1 Å². The van der Waals surface area contributed by atoms with Crippen molar-refractivity contribution in [1.82, 2.24) is 10.2 Å². The molecule has 1 aliphatic heterocycles. The van der Waals surface area contributed by atoms with E-state index < -0.39 is 10.8 Å². The van der Waals surface area contributed by atoms with E-state index in [4.69, 9.17) is 0 Å². The molecule has 0 spiro atoms. The fourth-order valence-electron chi connectivity index (χ4n) is 13.1. The number of nitrogens with zero attached hydrogens (tertiary/aromatic N) is 1. The first kappa shape index (κ1) is 30.2. The summed E-state index contributed by atoms with van der Waals surface area (Å²) in [6.45, 7) is 17.7. The molecule has 1 N–H and O–H groups in total. The highest BCUT2D eigenvalue weighted by atomic mass is 32.2. The summed E-state index contributed by atoms with van der Waals surface area (Å²) in [5.74, 6) is 6.85. The molecule has 0 amide bonds. The van der Waals surface area contributed by atoms with Crippen molar-refractivity contribution in [3.8, 4) is 0 Å². The van der Waals surface area contributed by atoms with E-state index in [0.717, 1.165) is 73.2 Å². The van der Waals surface area contributed by atoms with Gasteiger partial charge in [0.1, 0.15) is 0 Å². The second-order valence-corrected chi connectivity index (χ2v) is 19.0. The average molecular weight is 595 g/mol. The van der Waals surface area contributed by atoms with Gasteiger partial charge in [0.2, 0.25) is 0 Å². The Balaban J connectivity index is 1.09. The minimum Gasteiger partial charge on any atom is -0.310 e. The van der Waals surface area contributed by atoms with Crippen molar-refractivity contribution in [2.45, 2.75) is 124 Å². The Bertz CT molecular complexity index is 1120. The molecule has 0 bridgehead atoms. The lowest BCUT2D eigenvalue weighted by atomic mass is 9.34. The number of hydrogen-bond donors (Lipinski definition) is 1. The molecule has 7 aliphatic rings. The van der Waals surface area contributed by atoms with Gasteiger partial charge in [0.25, 0.3) is 0 Å². The van der Waals surface area contributed by atoms with E-state index in [2.05, 4.69) is 57.0 Å². The zero-order chi connectivity index (χ0) is 29.3. The van der Waals surface area contributed by atoms with E-state index >= 15 is 0 Å². The largest absolute Gasteiger partial charge is 0.310 e. The number of fused-ring (bicyclic) bond motifs is 7. The van der Waals surface area contributed by atoms with Gasteiger partial charge in [-0.15, -0.1) is 0 Å². The average Bonchev–Trinajstić information content (AvgIpc) is 3.39. The van der Waals surface area contributed by atoms with Crippen LogP contribution in [0.1, 0.15) is 118 Å². The van der Waals surface area contributed by atoms with Crippen LogP contribution in [0.2, 0.25) is 0 Å². The lowest BCUT2D eigenvalue weighted by Gasteiger charge is -2.71. The first-order valence-electron chi connectivity index (χ1n) is 18.3. The third-order valence-corrected chi connectivity index (χ3v) is 17.1. The van der Waals surface area contributed by atoms with Crippen molar-refractivity contribution in [3.05, 3.63) is 23.3 Å². The van der Waals surface area contributed by atoms with Crippen LogP contribution in [0.25, 0.3) is 0 Å². The van der Waals surface area contributed by atoms with Gasteiger partial charge in [0.05, 0.1) is 0 Å². The Morgan fingerprint density at radius 3 is 2.45 bits per heavy atom. The van der Waals surface area contributed by atoms with E-state index in [1.165, 1.54) is 83.5 Å². The molecule has 8 unspecified atom stereocenters. The number of nitrogens with one attached hydrogen (secondary N) is 1. The maximum Gasteiger partial charge on any atom is 0.0363 e. The highest BCUT2D eigenvalue weighted by molar-refractivity contribution is 7.85. The summed E-state index contributed by atoms with van der Waals surface area (Å²) < 4.78 is 11.8. The van der Waals surface area contributed by atoms with Crippen molar-refractivity contribution in [2.75, 3.05) is 37.7 Å². The molecule has 3 nitrogen and oxygen atoms in total. The summed E-state index contributed by atoms with van der Waals surface area (Å²) in [5.41, 5.74) is 5.28. The molecule has 10 atom stereocenters. The first-order valence-corrected chi connectivity index (χ1v) is 19.8. The predicted octanol–water partition coefficient (Wildman–Crippen LogP) is 8.14. The molecule has 6 aliphatic carbocycles. The zero-order valence-corrected chi connectivity index (χ0v) is 28.6. The molecule has 0 aromatic carbocycles. The molecule has 5 fully saturated rings. The van der Waals surface area contributed by atoms with E-state index in [0.29, 0.717) is 21.8 Å². The van der Waals surface area contributed by atoms with Crippen LogP contribution in [0.4, 0.5) is 0 Å². The Morgan fingerprint density at radius 2 is 1.69 bits per heavy atom. The van der Waals surface area contributed by atoms with Crippen LogP contribution in [0.5, 0.6) is 0 Å². The molecule has 0 radical (unpaired) electrons. The quantitative estimate of drug-likeness (QED) is 0.349. The van der Waals surface area contributed by atoms with Gasteiger partial charge >= 0.3 is 0 Å². The number of rotatable bonds is 5. The Labute approximate surface area is 261 Å². The fraction of sp³-hybridized carbons (Fsp3) is 0.895. The standard InChI is InChI=1S/C38H62N2OS/c1-27-8-10-29(11-9-27)30-14-17-35(3)31(28(30)2)15-18-37(5)34(35)13-12-32-33-7-6-16-38(33,20-19-36(32,37)4)39-21-22-40-23-25-42(41)26-24-40/h10,14,27-28,31-34,39H,6-9,11-13,15-26H2,1-5H3/t27?,28?,31?,32?,33-,34?,35?,36-,37?,38?/m1/s1. The van der Waals surface area contributed by atoms with Gasteiger partial charge in [0.15, 0.2) is 0 Å². The smallest absolute Gasteiger partial charge is 0.0363 e. The van der Waals surface area contributed by atoms with Crippen LogP contribution < -0.4 is 5.32 Å². The Hall–Kier alpha value is -0.450.